The second-order valence-electron chi connectivity index (χ2n) is 4.04. The molecule has 0 aromatic carbocycles. The average Bonchev–Trinajstić information content (AvgIpc) is 2.48. The molecule has 1 rings (SSSR count). The smallest absolute Gasteiger partial charge is 0.0693 e. The highest BCUT2D eigenvalue weighted by Gasteiger charge is 2.25. The predicted molar refractivity (Wildman–Crippen MR) is 52.6 cm³/mol. The molecule has 3 heteroatoms. The molecule has 3 nitrogen and oxygen atoms in total. The SMILES string of the molecule is CC(CCCO)NC1CCCC1O. The van der Waals surface area contributed by atoms with Crippen LogP contribution in [0.5, 0.6) is 0 Å². The summed E-state index contributed by atoms with van der Waals surface area (Å²) in [5.41, 5.74) is 0. The Hall–Kier alpha value is -0.120. The topological polar surface area (TPSA) is 52.5 Å². The van der Waals surface area contributed by atoms with E-state index in [1.807, 2.05) is 0 Å². The van der Waals surface area contributed by atoms with Gasteiger partial charge in [-0.05, 0) is 39.0 Å². The third-order valence-corrected chi connectivity index (χ3v) is 2.77. The van der Waals surface area contributed by atoms with Crippen LogP contribution in [0.15, 0.2) is 0 Å². The fourth-order valence-electron chi connectivity index (χ4n) is 1.98. The summed E-state index contributed by atoms with van der Waals surface area (Å²) in [6.07, 6.45) is 4.83. The van der Waals surface area contributed by atoms with E-state index in [-0.39, 0.29) is 18.8 Å². The van der Waals surface area contributed by atoms with Crippen molar-refractivity contribution in [2.75, 3.05) is 6.61 Å². The molecule has 1 fully saturated rings. The zero-order valence-corrected chi connectivity index (χ0v) is 8.37. The number of nitrogens with one attached hydrogen (secondary N) is 1. The molecule has 13 heavy (non-hydrogen) atoms. The molecule has 3 atom stereocenters. The van der Waals surface area contributed by atoms with Gasteiger partial charge < -0.3 is 15.5 Å². The Morgan fingerprint density at radius 2 is 2.23 bits per heavy atom. The Balaban J connectivity index is 2.15. The quantitative estimate of drug-likeness (QED) is 0.592. The van der Waals surface area contributed by atoms with Crippen molar-refractivity contribution in [3.05, 3.63) is 0 Å². The van der Waals surface area contributed by atoms with Crippen LogP contribution < -0.4 is 5.32 Å². The minimum absolute atomic E-state index is 0.156. The van der Waals surface area contributed by atoms with Crippen molar-refractivity contribution in [1.29, 1.82) is 0 Å². The molecule has 0 aromatic heterocycles. The predicted octanol–water partition coefficient (Wildman–Crippen LogP) is 0.650. The molecule has 0 amide bonds. The average molecular weight is 187 g/mol. The molecule has 1 aliphatic rings. The number of hydrogen-bond acceptors (Lipinski definition) is 3. The van der Waals surface area contributed by atoms with Crippen LogP contribution in [0.1, 0.15) is 39.0 Å². The van der Waals surface area contributed by atoms with Gasteiger partial charge in [0.2, 0.25) is 0 Å². The van der Waals surface area contributed by atoms with E-state index in [0.717, 1.165) is 32.1 Å². The normalized spacial score (nSPS) is 30.7. The van der Waals surface area contributed by atoms with Gasteiger partial charge in [0.15, 0.2) is 0 Å². The maximum absolute atomic E-state index is 9.55. The van der Waals surface area contributed by atoms with Gasteiger partial charge in [0.25, 0.3) is 0 Å². The first-order chi connectivity index (χ1) is 6.24. The van der Waals surface area contributed by atoms with Gasteiger partial charge in [0, 0.05) is 18.7 Å². The summed E-state index contributed by atoms with van der Waals surface area (Å²) in [5.74, 6) is 0. The van der Waals surface area contributed by atoms with E-state index in [1.54, 1.807) is 0 Å². The van der Waals surface area contributed by atoms with Crippen LogP contribution in [0.25, 0.3) is 0 Å². The zero-order valence-electron chi connectivity index (χ0n) is 8.37. The van der Waals surface area contributed by atoms with Crippen molar-refractivity contribution in [2.24, 2.45) is 0 Å². The lowest BCUT2D eigenvalue weighted by molar-refractivity contribution is 0.142. The maximum Gasteiger partial charge on any atom is 0.0693 e. The van der Waals surface area contributed by atoms with E-state index < -0.39 is 0 Å². The molecular weight excluding hydrogens is 166 g/mol. The van der Waals surface area contributed by atoms with Crippen molar-refractivity contribution in [3.63, 3.8) is 0 Å². The van der Waals surface area contributed by atoms with Gasteiger partial charge in [0.1, 0.15) is 0 Å². The standard InChI is InChI=1S/C10H21NO2/c1-8(4-3-7-12)11-9-5-2-6-10(9)13/h8-13H,2-7H2,1H3. The minimum atomic E-state index is -0.156. The molecule has 1 aliphatic carbocycles. The van der Waals surface area contributed by atoms with Crippen molar-refractivity contribution in [1.82, 2.24) is 5.32 Å². The number of aliphatic hydroxyl groups excluding tert-OH is 2. The Bertz CT molecular complexity index is 141. The molecule has 0 aliphatic heterocycles. The van der Waals surface area contributed by atoms with Crippen LogP contribution in [0.4, 0.5) is 0 Å². The van der Waals surface area contributed by atoms with Gasteiger partial charge in [0.05, 0.1) is 6.10 Å². The highest BCUT2D eigenvalue weighted by molar-refractivity contribution is 4.84. The van der Waals surface area contributed by atoms with E-state index in [0.29, 0.717) is 6.04 Å². The molecule has 0 bridgehead atoms. The third kappa shape index (κ3) is 3.63. The van der Waals surface area contributed by atoms with Crippen LogP contribution in [0, 0.1) is 0 Å². The van der Waals surface area contributed by atoms with Gasteiger partial charge in [-0.1, -0.05) is 0 Å². The lowest BCUT2D eigenvalue weighted by Crippen LogP contribution is -2.41. The number of hydrogen-bond donors (Lipinski definition) is 3. The minimum Gasteiger partial charge on any atom is -0.396 e. The highest BCUT2D eigenvalue weighted by Crippen LogP contribution is 2.19. The molecular formula is C10H21NO2. The van der Waals surface area contributed by atoms with E-state index in [1.165, 1.54) is 0 Å². The largest absolute Gasteiger partial charge is 0.396 e. The molecule has 1 saturated carbocycles. The highest BCUT2D eigenvalue weighted by atomic mass is 16.3. The van der Waals surface area contributed by atoms with Crippen LogP contribution in [-0.2, 0) is 0 Å². The molecule has 0 radical (unpaired) electrons. The van der Waals surface area contributed by atoms with E-state index in [9.17, 15) is 5.11 Å². The third-order valence-electron chi connectivity index (χ3n) is 2.77. The van der Waals surface area contributed by atoms with Crippen LogP contribution >= 0.6 is 0 Å². The lowest BCUT2D eigenvalue weighted by atomic mass is 10.1. The molecule has 0 spiro atoms. The van der Waals surface area contributed by atoms with E-state index >= 15 is 0 Å². The maximum atomic E-state index is 9.55. The molecule has 78 valence electrons. The molecule has 0 saturated heterocycles. The van der Waals surface area contributed by atoms with Gasteiger partial charge in [-0.3, -0.25) is 0 Å². The van der Waals surface area contributed by atoms with Gasteiger partial charge in [-0.25, -0.2) is 0 Å². The molecule has 3 unspecified atom stereocenters. The Kier molecular flexibility index (Phi) is 4.70. The van der Waals surface area contributed by atoms with Crippen molar-refractivity contribution in [2.45, 2.75) is 57.2 Å². The van der Waals surface area contributed by atoms with Crippen LogP contribution in [0.2, 0.25) is 0 Å². The second-order valence-corrected chi connectivity index (χ2v) is 4.04. The number of aliphatic hydroxyl groups is 2. The fraction of sp³-hybridized carbons (Fsp3) is 1.00. The van der Waals surface area contributed by atoms with Gasteiger partial charge in [-0.2, -0.15) is 0 Å². The fourth-order valence-corrected chi connectivity index (χ4v) is 1.98. The van der Waals surface area contributed by atoms with Crippen molar-refractivity contribution in [3.8, 4) is 0 Å². The second kappa shape index (κ2) is 5.58. The van der Waals surface area contributed by atoms with Gasteiger partial charge >= 0.3 is 0 Å². The molecule has 0 heterocycles. The summed E-state index contributed by atoms with van der Waals surface area (Å²) in [6, 6.07) is 0.693. The summed E-state index contributed by atoms with van der Waals surface area (Å²) in [7, 11) is 0. The van der Waals surface area contributed by atoms with Crippen LogP contribution in [0.3, 0.4) is 0 Å². The summed E-state index contributed by atoms with van der Waals surface area (Å²) in [6.45, 7) is 2.37. The Labute approximate surface area is 80.2 Å². The monoisotopic (exact) mass is 187 g/mol. The first-order valence-electron chi connectivity index (χ1n) is 5.29. The van der Waals surface area contributed by atoms with E-state index in [2.05, 4.69) is 12.2 Å². The summed E-state index contributed by atoms with van der Waals surface area (Å²) in [4.78, 5) is 0. The summed E-state index contributed by atoms with van der Waals surface area (Å²) < 4.78 is 0. The number of rotatable bonds is 5. The Morgan fingerprint density at radius 1 is 1.46 bits per heavy atom. The van der Waals surface area contributed by atoms with Crippen molar-refractivity contribution >= 4 is 0 Å². The Morgan fingerprint density at radius 3 is 2.77 bits per heavy atom. The van der Waals surface area contributed by atoms with Crippen LogP contribution in [-0.4, -0.2) is 35.0 Å². The zero-order chi connectivity index (χ0) is 9.68. The van der Waals surface area contributed by atoms with E-state index in [4.69, 9.17) is 5.11 Å². The first kappa shape index (κ1) is 11.0. The van der Waals surface area contributed by atoms with Gasteiger partial charge in [-0.15, -0.1) is 0 Å². The molecule has 0 aromatic rings. The summed E-state index contributed by atoms with van der Waals surface area (Å²) in [5, 5.41) is 21.6. The molecule has 3 N–H and O–H groups in total. The summed E-state index contributed by atoms with van der Waals surface area (Å²) >= 11 is 0. The first-order valence-corrected chi connectivity index (χ1v) is 5.29. The van der Waals surface area contributed by atoms with Crippen molar-refractivity contribution < 1.29 is 10.2 Å². The lowest BCUT2D eigenvalue weighted by Gasteiger charge is -2.21.